The van der Waals surface area contributed by atoms with Gasteiger partial charge in [0.05, 0.1) is 21.9 Å². The maximum Gasteiger partial charge on any atom is 0.307 e. The summed E-state index contributed by atoms with van der Waals surface area (Å²) in [6.45, 7) is 1.82. The molecule has 0 aliphatic carbocycles. The molecule has 0 heterocycles. The van der Waals surface area contributed by atoms with Crippen molar-refractivity contribution in [1.82, 2.24) is 5.32 Å². The van der Waals surface area contributed by atoms with E-state index in [-0.39, 0.29) is 28.5 Å². The summed E-state index contributed by atoms with van der Waals surface area (Å²) in [5.41, 5.74) is 1.90. The van der Waals surface area contributed by atoms with Gasteiger partial charge in [0.2, 0.25) is 9.84 Å². The third-order valence-electron chi connectivity index (χ3n) is 5.07. The Morgan fingerprint density at radius 2 is 1.58 bits per heavy atom. The van der Waals surface area contributed by atoms with Crippen molar-refractivity contribution in [3.8, 4) is 0 Å². The highest BCUT2D eigenvalue weighted by atomic mass is 35.5. The van der Waals surface area contributed by atoms with Crippen molar-refractivity contribution < 1.29 is 18.3 Å². The molecule has 170 valence electrons. The van der Waals surface area contributed by atoms with Crippen molar-refractivity contribution in [3.63, 3.8) is 0 Å². The smallest absolute Gasteiger partial charge is 0.307 e. The molecule has 0 saturated carbocycles. The first-order valence-electron chi connectivity index (χ1n) is 10.1. The molecular formula is C25H23ClN2O4S. The van der Waals surface area contributed by atoms with E-state index in [0.29, 0.717) is 27.4 Å². The highest BCUT2D eigenvalue weighted by molar-refractivity contribution is 7.91. The van der Waals surface area contributed by atoms with Crippen molar-refractivity contribution in [2.45, 2.75) is 29.7 Å². The maximum absolute atomic E-state index is 13.1. The molecule has 0 spiro atoms. The van der Waals surface area contributed by atoms with Gasteiger partial charge in [-0.3, -0.25) is 10.2 Å². The Hall–Kier alpha value is -3.42. The highest BCUT2D eigenvalue weighted by Crippen LogP contribution is 2.24. The van der Waals surface area contributed by atoms with Crippen molar-refractivity contribution in [2.24, 2.45) is 0 Å². The van der Waals surface area contributed by atoms with Crippen molar-refractivity contribution >= 4 is 33.1 Å². The summed E-state index contributed by atoms with van der Waals surface area (Å²) in [4.78, 5) is 11.8. The first-order chi connectivity index (χ1) is 15.7. The molecule has 0 fully saturated rings. The van der Waals surface area contributed by atoms with E-state index in [9.17, 15) is 18.3 Å². The van der Waals surface area contributed by atoms with E-state index in [1.54, 1.807) is 85.8 Å². The molecule has 0 aliphatic heterocycles. The zero-order chi connectivity index (χ0) is 24.0. The van der Waals surface area contributed by atoms with Gasteiger partial charge in [0, 0.05) is 22.8 Å². The Kier molecular flexibility index (Phi) is 7.68. The van der Waals surface area contributed by atoms with Gasteiger partial charge in [-0.25, -0.2) is 8.42 Å². The fourth-order valence-electron chi connectivity index (χ4n) is 3.32. The molecule has 6 nitrogen and oxygen atoms in total. The Bertz CT molecular complexity index is 1300. The Morgan fingerprint density at radius 1 is 0.970 bits per heavy atom. The van der Waals surface area contributed by atoms with Gasteiger partial charge in [0.25, 0.3) is 0 Å². The second-order valence-electron chi connectivity index (χ2n) is 7.33. The number of carboxylic acids is 1. The first kappa shape index (κ1) is 24.2. The lowest BCUT2D eigenvalue weighted by atomic mass is 9.98. The molecule has 3 aromatic carbocycles. The minimum atomic E-state index is -3.73. The summed E-state index contributed by atoms with van der Waals surface area (Å²) in [5, 5.41) is 21.5. The van der Waals surface area contributed by atoms with Crippen molar-refractivity contribution in [1.29, 1.82) is 5.41 Å². The molecule has 0 aliphatic rings. The lowest BCUT2D eigenvalue weighted by molar-refractivity contribution is -0.136. The van der Waals surface area contributed by atoms with Crippen molar-refractivity contribution in [2.75, 3.05) is 0 Å². The Labute approximate surface area is 198 Å². The van der Waals surface area contributed by atoms with E-state index < -0.39 is 15.8 Å². The minimum Gasteiger partial charge on any atom is -0.481 e. The number of nitrogens with one attached hydrogen (secondary N) is 2. The predicted molar refractivity (Wildman–Crippen MR) is 128 cm³/mol. The SMILES string of the molecule is C/C(NCc1ccccc1S(=O)(=O)c1ccccc1)=C(\CC(=O)O)C(=N)c1ccc(Cl)cc1. The van der Waals surface area contributed by atoms with E-state index in [4.69, 9.17) is 17.0 Å². The number of benzene rings is 3. The zero-order valence-electron chi connectivity index (χ0n) is 17.9. The summed E-state index contributed by atoms with van der Waals surface area (Å²) < 4.78 is 26.3. The van der Waals surface area contributed by atoms with Crippen LogP contribution in [0.15, 0.2) is 99.9 Å². The molecule has 0 bridgehead atoms. The number of carbonyl (C=O) groups is 1. The molecule has 8 heteroatoms. The van der Waals surface area contributed by atoms with Gasteiger partial charge >= 0.3 is 5.97 Å². The summed E-state index contributed by atoms with van der Waals surface area (Å²) >= 11 is 5.92. The molecule has 3 aromatic rings. The van der Waals surface area contributed by atoms with Crippen LogP contribution in [0.4, 0.5) is 0 Å². The standard InChI is InChI=1S/C25H23ClN2O4S/c1-17(22(15-24(29)30)25(27)18-11-13-20(26)14-12-18)28-16-19-7-5-6-10-23(19)33(31,32)21-8-3-2-4-9-21/h2-14,27-28H,15-16H2,1H3,(H,29,30)/b22-17-,27-25?. The summed E-state index contributed by atoms with van der Waals surface area (Å²) in [5.74, 6) is -1.07. The van der Waals surface area contributed by atoms with Crippen LogP contribution in [-0.2, 0) is 21.2 Å². The summed E-state index contributed by atoms with van der Waals surface area (Å²) in [6.07, 6.45) is -0.357. The number of hydrogen-bond donors (Lipinski definition) is 3. The van der Waals surface area contributed by atoms with Crippen LogP contribution in [0.2, 0.25) is 5.02 Å². The number of sulfone groups is 1. The molecule has 0 aromatic heterocycles. The molecule has 0 saturated heterocycles. The molecule has 0 amide bonds. The number of halogens is 1. The van der Waals surface area contributed by atoms with E-state index in [2.05, 4.69) is 5.32 Å². The molecular weight excluding hydrogens is 460 g/mol. The lowest BCUT2D eigenvalue weighted by Crippen LogP contribution is -2.20. The van der Waals surface area contributed by atoms with Crippen LogP contribution in [0, 0.1) is 5.41 Å². The zero-order valence-corrected chi connectivity index (χ0v) is 19.5. The van der Waals surface area contributed by atoms with Crippen LogP contribution in [0.3, 0.4) is 0 Å². The van der Waals surface area contributed by atoms with Gasteiger partial charge in [-0.1, -0.05) is 60.1 Å². The molecule has 3 rings (SSSR count). The molecule has 0 atom stereocenters. The Balaban J connectivity index is 1.92. The first-order valence-corrected chi connectivity index (χ1v) is 11.9. The van der Waals surface area contributed by atoms with Gasteiger partial charge in [-0.2, -0.15) is 0 Å². The maximum atomic E-state index is 13.1. The van der Waals surface area contributed by atoms with Crippen molar-refractivity contribution in [3.05, 3.63) is 106 Å². The van der Waals surface area contributed by atoms with Crippen LogP contribution in [0.1, 0.15) is 24.5 Å². The molecule has 0 radical (unpaired) electrons. The van der Waals surface area contributed by atoms with Crippen LogP contribution < -0.4 is 5.32 Å². The highest BCUT2D eigenvalue weighted by Gasteiger charge is 2.21. The number of carboxylic acid groups (broad SMARTS) is 1. The summed E-state index contributed by atoms with van der Waals surface area (Å²) in [6, 6.07) is 21.4. The van der Waals surface area contributed by atoms with Gasteiger partial charge in [0.1, 0.15) is 0 Å². The fourth-order valence-corrected chi connectivity index (χ4v) is 4.96. The van der Waals surface area contributed by atoms with Crippen LogP contribution in [0.25, 0.3) is 0 Å². The van der Waals surface area contributed by atoms with E-state index in [1.807, 2.05) is 0 Å². The molecule has 0 unspecified atom stereocenters. The molecule has 33 heavy (non-hydrogen) atoms. The predicted octanol–water partition coefficient (Wildman–Crippen LogP) is 5.08. The fraction of sp³-hybridized carbons (Fsp3) is 0.120. The number of hydrogen-bond acceptors (Lipinski definition) is 5. The largest absolute Gasteiger partial charge is 0.481 e. The monoisotopic (exact) mass is 482 g/mol. The summed E-state index contributed by atoms with van der Waals surface area (Å²) in [7, 11) is -3.73. The second kappa shape index (κ2) is 10.5. The normalized spacial score (nSPS) is 12.1. The number of rotatable bonds is 9. The van der Waals surface area contributed by atoms with E-state index >= 15 is 0 Å². The van der Waals surface area contributed by atoms with Crippen LogP contribution >= 0.6 is 11.6 Å². The average Bonchev–Trinajstić information content (AvgIpc) is 2.81. The number of allylic oxidation sites excluding steroid dienone is 1. The van der Waals surface area contributed by atoms with Crippen LogP contribution in [0.5, 0.6) is 0 Å². The Morgan fingerprint density at radius 3 is 2.21 bits per heavy atom. The minimum absolute atomic E-state index is 0.0595. The van der Waals surface area contributed by atoms with Gasteiger partial charge in [-0.15, -0.1) is 0 Å². The number of aliphatic carboxylic acids is 1. The molecule has 3 N–H and O–H groups in total. The van der Waals surface area contributed by atoms with Gasteiger partial charge in [-0.05, 0) is 48.4 Å². The third-order valence-corrected chi connectivity index (χ3v) is 7.20. The average molecular weight is 483 g/mol. The van der Waals surface area contributed by atoms with Gasteiger partial charge in [0.15, 0.2) is 0 Å². The van der Waals surface area contributed by atoms with E-state index in [0.717, 1.165) is 0 Å². The van der Waals surface area contributed by atoms with E-state index in [1.165, 1.54) is 0 Å². The lowest BCUT2D eigenvalue weighted by Gasteiger charge is -2.16. The van der Waals surface area contributed by atoms with Crippen LogP contribution in [-0.4, -0.2) is 25.2 Å². The quantitative estimate of drug-likeness (QED) is 0.369. The topological polar surface area (TPSA) is 107 Å². The van der Waals surface area contributed by atoms with Gasteiger partial charge < -0.3 is 10.4 Å². The second-order valence-corrected chi connectivity index (χ2v) is 9.69. The third kappa shape index (κ3) is 5.88.